The normalized spacial score (nSPS) is 20.4. The Hall–Kier alpha value is -4.19. The number of fused-ring (bicyclic) bond motifs is 2. The molecule has 1 amide bonds. The molecule has 0 bridgehead atoms. The lowest BCUT2D eigenvalue weighted by Gasteiger charge is -2.34. The van der Waals surface area contributed by atoms with Crippen molar-refractivity contribution >= 4 is 16.9 Å². The number of amides is 1. The Morgan fingerprint density at radius 2 is 2.00 bits per heavy atom. The van der Waals surface area contributed by atoms with Gasteiger partial charge in [0.25, 0.3) is 0 Å². The summed E-state index contributed by atoms with van der Waals surface area (Å²) in [5.41, 5.74) is 2.65. The number of aromatic amines is 1. The van der Waals surface area contributed by atoms with Crippen LogP contribution in [0.4, 0.5) is 13.2 Å². The molecule has 6 rings (SSSR count). The molecule has 2 N–H and O–H groups in total. The molecule has 4 aromatic heterocycles. The zero-order valence-corrected chi connectivity index (χ0v) is 24.9. The molecule has 2 aliphatic rings. The van der Waals surface area contributed by atoms with E-state index < -0.39 is 17.6 Å². The highest BCUT2D eigenvalue weighted by atomic mass is 19.4. The van der Waals surface area contributed by atoms with E-state index in [9.17, 15) is 18.0 Å². The van der Waals surface area contributed by atoms with Crippen molar-refractivity contribution in [3.05, 3.63) is 70.9 Å². The van der Waals surface area contributed by atoms with Gasteiger partial charge in [-0.15, -0.1) is 0 Å². The topological polar surface area (TPSA) is 105 Å². The summed E-state index contributed by atoms with van der Waals surface area (Å²) in [5.74, 6) is 0.424. The van der Waals surface area contributed by atoms with Gasteiger partial charge in [0.1, 0.15) is 28.8 Å². The van der Waals surface area contributed by atoms with E-state index in [4.69, 9.17) is 14.5 Å². The van der Waals surface area contributed by atoms with Gasteiger partial charge in [0.2, 0.25) is 11.8 Å². The first-order chi connectivity index (χ1) is 21.1. The summed E-state index contributed by atoms with van der Waals surface area (Å²) >= 11 is 0. The molecule has 0 spiro atoms. The van der Waals surface area contributed by atoms with E-state index in [1.165, 1.54) is 6.20 Å². The second-order valence-electron chi connectivity index (χ2n) is 11.7. The van der Waals surface area contributed by atoms with Crippen molar-refractivity contribution in [2.75, 3.05) is 13.1 Å². The molecule has 232 valence electrons. The van der Waals surface area contributed by atoms with E-state index in [0.717, 1.165) is 40.5 Å². The molecule has 0 aromatic carbocycles. The molecule has 0 radical (unpaired) electrons. The molecular weight excluding hydrogens is 573 g/mol. The number of halogens is 3. The first-order valence-electron chi connectivity index (χ1n) is 14.9. The van der Waals surface area contributed by atoms with Crippen LogP contribution in [0.2, 0.25) is 0 Å². The van der Waals surface area contributed by atoms with Crippen molar-refractivity contribution in [3.63, 3.8) is 0 Å². The van der Waals surface area contributed by atoms with Crippen LogP contribution in [0.25, 0.3) is 11.0 Å². The Morgan fingerprint density at radius 3 is 2.77 bits per heavy atom. The molecule has 9 nitrogen and oxygen atoms in total. The van der Waals surface area contributed by atoms with Gasteiger partial charge in [-0.1, -0.05) is 6.92 Å². The number of aromatic nitrogens is 4. The number of nitrogens with one attached hydrogen (secondary N) is 2. The largest absolute Gasteiger partial charge is 0.474 e. The first kappa shape index (κ1) is 29.9. The third kappa shape index (κ3) is 6.35. The summed E-state index contributed by atoms with van der Waals surface area (Å²) in [4.78, 5) is 31.4. The molecule has 0 unspecified atom stereocenters. The van der Waals surface area contributed by atoms with Gasteiger partial charge in [-0.05, 0) is 75.0 Å². The first-order valence-corrected chi connectivity index (χ1v) is 14.9. The fraction of sp³-hybridized carbons (Fsp3) is 0.438. The number of aryl methyl sites for hydroxylation is 1. The third-order valence-corrected chi connectivity index (χ3v) is 8.29. The number of H-pyrrole nitrogens is 1. The van der Waals surface area contributed by atoms with Gasteiger partial charge in [0.05, 0.1) is 23.7 Å². The van der Waals surface area contributed by atoms with Crippen LogP contribution in [0.3, 0.4) is 0 Å². The molecule has 4 aromatic rings. The van der Waals surface area contributed by atoms with Crippen molar-refractivity contribution in [1.29, 1.82) is 0 Å². The Bertz CT molecular complexity index is 1670. The second kappa shape index (κ2) is 12.1. The minimum Gasteiger partial charge on any atom is -0.474 e. The minimum absolute atomic E-state index is 0.0104. The number of pyridine rings is 3. The minimum atomic E-state index is -4.67. The molecule has 12 heteroatoms. The zero-order valence-electron chi connectivity index (χ0n) is 24.9. The Kier molecular flexibility index (Phi) is 8.19. The number of alkyl halides is 3. The van der Waals surface area contributed by atoms with Crippen LogP contribution in [0, 0.1) is 6.92 Å². The van der Waals surface area contributed by atoms with Crippen molar-refractivity contribution in [2.45, 2.75) is 77.2 Å². The van der Waals surface area contributed by atoms with Crippen LogP contribution >= 0.6 is 0 Å². The fourth-order valence-electron chi connectivity index (χ4n) is 6.06. The Labute approximate surface area is 253 Å². The molecule has 2 aliphatic heterocycles. The van der Waals surface area contributed by atoms with Crippen LogP contribution in [0.15, 0.2) is 42.9 Å². The lowest BCUT2D eigenvalue weighted by atomic mass is 9.92. The van der Waals surface area contributed by atoms with Gasteiger partial charge >= 0.3 is 6.18 Å². The van der Waals surface area contributed by atoms with E-state index in [1.807, 2.05) is 32.9 Å². The van der Waals surface area contributed by atoms with E-state index in [-0.39, 0.29) is 42.5 Å². The van der Waals surface area contributed by atoms with E-state index in [0.29, 0.717) is 37.4 Å². The maximum Gasteiger partial charge on any atom is 0.421 e. The number of hydrogen-bond acceptors (Lipinski definition) is 7. The predicted molar refractivity (Wildman–Crippen MR) is 158 cm³/mol. The van der Waals surface area contributed by atoms with Crippen LogP contribution in [-0.2, 0) is 23.9 Å². The molecule has 3 atom stereocenters. The van der Waals surface area contributed by atoms with Crippen molar-refractivity contribution in [2.24, 2.45) is 0 Å². The lowest BCUT2D eigenvalue weighted by Crippen LogP contribution is -2.41. The molecule has 1 fully saturated rings. The van der Waals surface area contributed by atoms with Crippen molar-refractivity contribution in [3.8, 4) is 17.4 Å². The van der Waals surface area contributed by atoms with Crippen molar-refractivity contribution in [1.82, 2.24) is 30.2 Å². The smallest absolute Gasteiger partial charge is 0.421 e. The van der Waals surface area contributed by atoms with Crippen LogP contribution in [0.5, 0.6) is 17.4 Å². The standard InChI is InChI=1S/C32H35F3N6O3/c1-4-21-16-41(17-22-13-24(15-38-29(21)22)43-27-6-8-37-30-25(27)10-19(3)40-30)28(42)12-20-11-26(32(33,34)35)31(39-14-20)44-23-5-7-36-18(2)9-23/h6,8,10-11,13-15,18,21,23,36H,4-5,7,9,12,16-17H2,1-3H3,(H,37,40)/t18-,21-,23-/m1/s1. The van der Waals surface area contributed by atoms with E-state index in [2.05, 4.69) is 20.3 Å². The van der Waals surface area contributed by atoms with E-state index in [1.54, 1.807) is 23.4 Å². The average molecular weight is 609 g/mol. The summed E-state index contributed by atoms with van der Waals surface area (Å²) in [6.07, 6.45) is 1.37. The molecule has 6 heterocycles. The number of nitrogens with zero attached hydrogens (tertiary/aromatic N) is 4. The second-order valence-corrected chi connectivity index (χ2v) is 11.7. The predicted octanol–water partition coefficient (Wildman–Crippen LogP) is 6.07. The summed E-state index contributed by atoms with van der Waals surface area (Å²) in [7, 11) is 0. The quantitative estimate of drug-likeness (QED) is 0.262. The molecular formula is C32H35F3N6O3. The number of carbonyl (C=O) groups excluding carboxylic acids is 1. The number of rotatable bonds is 7. The molecule has 0 saturated carbocycles. The maximum atomic E-state index is 14.0. The Morgan fingerprint density at radius 1 is 1.16 bits per heavy atom. The fourth-order valence-corrected chi connectivity index (χ4v) is 6.06. The summed E-state index contributed by atoms with van der Waals surface area (Å²) in [6, 6.07) is 6.77. The zero-order chi connectivity index (χ0) is 31.0. The number of piperidine rings is 1. The Balaban J connectivity index is 1.19. The van der Waals surface area contributed by atoms with Gasteiger partial charge in [0, 0.05) is 43.1 Å². The van der Waals surface area contributed by atoms with Gasteiger partial charge in [-0.2, -0.15) is 13.2 Å². The molecule has 1 saturated heterocycles. The summed E-state index contributed by atoms with van der Waals surface area (Å²) in [5, 5.41) is 4.11. The van der Waals surface area contributed by atoms with E-state index >= 15 is 0 Å². The summed E-state index contributed by atoms with van der Waals surface area (Å²) in [6.45, 7) is 7.31. The average Bonchev–Trinajstić information content (AvgIpc) is 3.38. The molecule has 0 aliphatic carbocycles. The molecule has 44 heavy (non-hydrogen) atoms. The highest BCUT2D eigenvalue weighted by Gasteiger charge is 2.37. The van der Waals surface area contributed by atoms with Gasteiger partial charge < -0.3 is 24.7 Å². The third-order valence-electron chi connectivity index (χ3n) is 8.29. The number of hydrogen-bond donors (Lipinski definition) is 2. The van der Waals surface area contributed by atoms with Crippen LogP contribution in [0.1, 0.15) is 67.1 Å². The SMILES string of the molecule is CC[C@@H]1CN(C(=O)Cc2cnc(O[C@@H]3CCN[C@H](C)C3)c(C(F)(F)F)c2)Cc2cc(Oc3ccnc4[nH]c(C)cc34)cnc21. The highest BCUT2D eigenvalue weighted by Crippen LogP contribution is 2.38. The highest BCUT2D eigenvalue weighted by molar-refractivity contribution is 5.83. The number of ether oxygens (including phenoxy) is 2. The number of carbonyl (C=O) groups is 1. The maximum absolute atomic E-state index is 14.0. The van der Waals surface area contributed by atoms with Gasteiger partial charge in [-0.25, -0.2) is 9.97 Å². The lowest BCUT2D eigenvalue weighted by molar-refractivity contribution is -0.140. The summed E-state index contributed by atoms with van der Waals surface area (Å²) < 4.78 is 54.0. The van der Waals surface area contributed by atoms with Crippen LogP contribution < -0.4 is 14.8 Å². The van der Waals surface area contributed by atoms with Crippen molar-refractivity contribution < 1.29 is 27.4 Å². The van der Waals surface area contributed by atoms with Gasteiger partial charge in [-0.3, -0.25) is 9.78 Å². The van der Waals surface area contributed by atoms with Gasteiger partial charge in [0.15, 0.2) is 0 Å². The van der Waals surface area contributed by atoms with Crippen LogP contribution in [-0.4, -0.2) is 56.0 Å². The monoisotopic (exact) mass is 608 g/mol.